The van der Waals surface area contributed by atoms with Gasteiger partial charge in [0, 0.05) is 16.3 Å². The average molecular weight is 374 g/mol. The van der Waals surface area contributed by atoms with E-state index in [0.29, 0.717) is 16.0 Å². The predicted molar refractivity (Wildman–Crippen MR) is 101 cm³/mol. The van der Waals surface area contributed by atoms with Crippen molar-refractivity contribution >= 4 is 35.0 Å². The molecule has 0 spiro atoms. The van der Waals surface area contributed by atoms with Gasteiger partial charge in [0.15, 0.2) is 5.82 Å². The van der Waals surface area contributed by atoms with Gasteiger partial charge in [-0.05, 0) is 43.3 Å². The van der Waals surface area contributed by atoms with Gasteiger partial charge in [0.2, 0.25) is 11.1 Å². The first-order valence-electron chi connectivity index (χ1n) is 7.53. The van der Waals surface area contributed by atoms with Crippen LogP contribution in [0.2, 0.25) is 5.02 Å². The monoisotopic (exact) mass is 373 g/mol. The highest BCUT2D eigenvalue weighted by atomic mass is 35.5. The number of carbonyl (C=O) groups is 1. The molecule has 3 rings (SSSR count). The first-order valence-corrected chi connectivity index (χ1v) is 8.79. The van der Waals surface area contributed by atoms with Crippen molar-refractivity contribution in [2.45, 2.75) is 17.3 Å². The van der Waals surface area contributed by atoms with Crippen molar-refractivity contribution in [2.24, 2.45) is 0 Å². The lowest BCUT2D eigenvalue weighted by molar-refractivity contribution is -0.115. The first kappa shape index (κ1) is 17.3. The summed E-state index contributed by atoms with van der Waals surface area (Å²) in [6.45, 7) is 1.79. The Morgan fingerprint density at radius 1 is 1.16 bits per heavy atom. The molecule has 6 nitrogen and oxygen atoms in total. The molecule has 25 heavy (non-hydrogen) atoms. The maximum atomic E-state index is 12.3. The summed E-state index contributed by atoms with van der Waals surface area (Å²) in [7, 11) is 0. The zero-order valence-corrected chi connectivity index (χ0v) is 15.0. The number of carbonyl (C=O) groups excluding carboxylic acids is 1. The fourth-order valence-corrected chi connectivity index (χ4v) is 3.03. The summed E-state index contributed by atoms with van der Waals surface area (Å²) >= 11 is 7.13. The molecule has 0 aliphatic carbocycles. The normalized spacial score (nSPS) is 11.9. The third-order valence-electron chi connectivity index (χ3n) is 3.46. The average Bonchev–Trinajstić information content (AvgIpc) is 2.97. The smallest absolute Gasteiger partial charge is 0.237 e. The third kappa shape index (κ3) is 4.12. The number of nitrogens with two attached hydrogens (primary N) is 1. The minimum absolute atomic E-state index is 0.132. The van der Waals surface area contributed by atoms with E-state index in [2.05, 4.69) is 15.5 Å². The summed E-state index contributed by atoms with van der Waals surface area (Å²) in [6, 6.07) is 16.4. The second kappa shape index (κ2) is 7.58. The summed E-state index contributed by atoms with van der Waals surface area (Å²) in [5.74, 6) is 6.46. The fourth-order valence-electron chi connectivity index (χ4n) is 2.13. The number of hydrogen-bond donors (Lipinski definition) is 2. The number of benzene rings is 2. The molecule has 0 aliphatic rings. The van der Waals surface area contributed by atoms with Crippen LogP contribution in [0, 0.1) is 0 Å². The van der Waals surface area contributed by atoms with Crippen LogP contribution in [-0.4, -0.2) is 26.0 Å². The SMILES string of the molecule is CC(Sc1nnc(-c2ccc(Cl)cc2)n1N)C(=O)Nc1ccccc1. The lowest BCUT2D eigenvalue weighted by Crippen LogP contribution is -2.23. The maximum Gasteiger partial charge on any atom is 0.237 e. The number of hydrogen-bond acceptors (Lipinski definition) is 5. The maximum absolute atomic E-state index is 12.3. The van der Waals surface area contributed by atoms with Crippen molar-refractivity contribution in [3.63, 3.8) is 0 Å². The van der Waals surface area contributed by atoms with Crippen LogP contribution in [0.15, 0.2) is 59.8 Å². The standard InChI is InChI=1S/C17H16ClN5OS/c1-11(16(24)20-14-5-3-2-4-6-14)25-17-22-21-15(23(17)19)12-7-9-13(18)10-8-12/h2-11H,19H2,1H3,(H,20,24). The van der Waals surface area contributed by atoms with E-state index >= 15 is 0 Å². The molecular formula is C17H16ClN5OS. The second-order valence-corrected chi connectivity index (χ2v) is 7.04. The number of nitrogen functional groups attached to an aromatic ring is 1. The van der Waals surface area contributed by atoms with Gasteiger partial charge in [-0.25, -0.2) is 4.68 Å². The van der Waals surface area contributed by atoms with Gasteiger partial charge in [-0.1, -0.05) is 41.6 Å². The molecule has 0 fully saturated rings. The number of thioether (sulfide) groups is 1. The summed E-state index contributed by atoms with van der Waals surface area (Å²) < 4.78 is 1.38. The molecule has 1 heterocycles. The molecule has 0 radical (unpaired) electrons. The van der Waals surface area contributed by atoms with E-state index in [9.17, 15) is 4.79 Å². The van der Waals surface area contributed by atoms with Crippen molar-refractivity contribution in [3.8, 4) is 11.4 Å². The molecular weight excluding hydrogens is 358 g/mol. The molecule has 8 heteroatoms. The summed E-state index contributed by atoms with van der Waals surface area (Å²) in [4.78, 5) is 12.3. The fraction of sp³-hybridized carbons (Fsp3) is 0.118. The molecule has 128 valence electrons. The second-order valence-electron chi connectivity index (χ2n) is 5.30. The first-order chi connectivity index (χ1) is 12.0. The number of para-hydroxylation sites is 1. The zero-order chi connectivity index (χ0) is 17.8. The molecule has 1 atom stereocenters. The van der Waals surface area contributed by atoms with E-state index in [0.717, 1.165) is 11.3 Å². The van der Waals surface area contributed by atoms with Gasteiger partial charge in [0.05, 0.1) is 5.25 Å². The molecule has 0 bridgehead atoms. The lowest BCUT2D eigenvalue weighted by atomic mass is 10.2. The Morgan fingerprint density at radius 2 is 1.84 bits per heavy atom. The summed E-state index contributed by atoms with van der Waals surface area (Å²) in [5.41, 5.74) is 1.55. The molecule has 1 unspecified atom stereocenters. The Labute approximate surface area is 154 Å². The molecule has 3 N–H and O–H groups in total. The van der Waals surface area contributed by atoms with Crippen molar-refractivity contribution < 1.29 is 4.79 Å². The Morgan fingerprint density at radius 3 is 2.52 bits per heavy atom. The van der Waals surface area contributed by atoms with Crippen LogP contribution in [0.3, 0.4) is 0 Å². The largest absolute Gasteiger partial charge is 0.335 e. The van der Waals surface area contributed by atoms with Gasteiger partial charge in [0.1, 0.15) is 0 Å². The van der Waals surface area contributed by atoms with Gasteiger partial charge in [-0.3, -0.25) is 4.79 Å². The molecule has 2 aromatic carbocycles. The number of rotatable bonds is 5. The molecule has 1 amide bonds. The van der Waals surface area contributed by atoms with Gasteiger partial charge < -0.3 is 11.2 Å². The van der Waals surface area contributed by atoms with Crippen LogP contribution >= 0.6 is 23.4 Å². The van der Waals surface area contributed by atoms with E-state index < -0.39 is 0 Å². The van der Waals surface area contributed by atoms with Crippen LogP contribution in [-0.2, 0) is 4.79 Å². The summed E-state index contributed by atoms with van der Waals surface area (Å²) in [6.07, 6.45) is 0. The number of nitrogens with one attached hydrogen (secondary N) is 1. The molecule has 0 saturated carbocycles. The molecule has 3 aromatic rings. The van der Waals surface area contributed by atoms with Gasteiger partial charge in [-0.2, -0.15) is 0 Å². The van der Waals surface area contributed by atoms with E-state index in [1.54, 1.807) is 19.1 Å². The van der Waals surface area contributed by atoms with Crippen LogP contribution in [0.25, 0.3) is 11.4 Å². The Bertz CT molecular complexity index is 867. The zero-order valence-electron chi connectivity index (χ0n) is 13.4. The van der Waals surface area contributed by atoms with Crippen LogP contribution in [0.5, 0.6) is 0 Å². The van der Waals surface area contributed by atoms with Crippen molar-refractivity contribution in [1.29, 1.82) is 0 Å². The van der Waals surface area contributed by atoms with Crippen LogP contribution < -0.4 is 11.2 Å². The van der Waals surface area contributed by atoms with Gasteiger partial charge in [-0.15, -0.1) is 10.2 Å². The minimum atomic E-state index is -0.384. The van der Waals surface area contributed by atoms with E-state index in [4.69, 9.17) is 17.4 Å². The quantitative estimate of drug-likeness (QED) is 0.528. The minimum Gasteiger partial charge on any atom is -0.335 e. The number of nitrogens with zero attached hydrogens (tertiary/aromatic N) is 3. The topological polar surface area (TPSA) is 85.8 Å². The third-order valence-corrected chi connectivity index (χ3v) is 4.77. The summed E-state index contributed by atoms with van der Waals surface area (Å²) in [5, 5.41) is 11.7. The highest BCUT2D eigenvalue weighted by Crippen LogP contribution is 2.26. The molecule has 0 aliphatic heterocycles. The van der Waals surface area contributed by atoms with Crippen LogP contribution in [0.1, 0.15) is 6.92 Å². The molecule has 0 saturated heterocycles. The highest BCUT2D eigenvalue weighted by Gasteiger charge is 2.20. The van der Waals surface area contributed by atoms with E-state index in [1.165, 1.54) is 16.4 Å². The number of aromatic nitrogens is 3. The highest BCUT2D eigenvalue weighted by molar-refractivity contribution is 8.00. The molecule has 1 aromatic heterocycles. The lowest BCUT2D eigenvalue weighted by Gasteiger charge is -2.11. The van der Waals surface area contributed by atoms with Crippen molar-refractivity contribution in [3.05, 3.63) is 59.6 Å². The van der Waals surface area contributed by atoms with Crippen LogP contribution in [0.4, 0.5) is 5.69 Å². The van der Waals surface area contributed by atoms with Crippen molar-refractivity contribution in [2.75, 3.05) is 11.2 Å². The number of anilines is 1. The Kier molecular flexibility index (Phi) is 5.25. The Balaban J connectivity index is 1.70. The predicted octanol–water partition coefficient (Wildman–Crippen LogP) is 3.43. The van der Waals surface area contributed by atoms with Crippen molar-refractivity contribution in [1.82, 2.24) is 14.9 Å². The Hall–Kier alpha value is -2.51. The van der Waals surface area contributed by atoms with E-state index in [1.807, 2.05) is 42.5 Å². The number of amides is 1. The van der Waals surface area contributed by atoms with Gasteiger partial charge >= 0.3 is 0 Å². The number of halogens is 1. The van der Waals surface area contributed by atoms with Gasteiger partial charge in [0.25, 0.3) is 0 Å². The van der Waals surface area contributed by atoms with E-state index in [-0.39, 0.29) is 11.2 Å².